The van der Waals surface area contributed by atoms with Crippen LogP contribution in [0, 0.1) is 5.92 Å². The van der Waals surface area contributed by atoms with E-state index in [1.807, 2.05) is 0 Å². The van der Waals surface area contributed by atoms with Gasteiger partial charge in [0.05, 0.1) is 18.8 Å². The summed E-state index contributed by atoms with van der Waals surface area (Å²) in [7, 11) is 0. The molecule has 0 unspecified atom stereocenters. The van der Waals surface area contributed by atoms with Crippen molar-refractivity contribution < 1.29 is 9.90 Å². The van der Waals surface area contributed by atoms with E-state index in [1.165, 1.54) is 35.3 Å². The molecule has 0 spiro atoms. The van der Waals surface area contributed by atoms with Gasteiger partial charge in [-0.2, -0.15) is 0 Å². The number of aryl methyl sites for hydroxylation is 2. The second-order valence-electron chi connectivity index (χ2n) is 6.70. The Bertz CT molecular complexity index is 576. The molecule has 1 saturated carbocycles. The van der Waals surface area contributed by atoms with Crippen LogP contribution in [0.3, 0.4) is 0 Å². The maximum atomic E-state index is 12.2. The summed E-state index contributed by atoms with van der Waals surface area (Å²) in [6, 6.07) is 6.60. The molecule has 112 valence electrons. The molecule has 0 radical (unpaired) electrons. The fraction of sp³-hybridized carbons (Fsp3) is 0.588. The fourth-order valence-electron chi connectivity index (χ4n) is 3.54. The molecule has 1 aromatic carbocycles. The van der Waals surface area contributed by atoms with E-state index in [-0.39, 0.29) is 5.91 Å². The Kier molecular flexibility index (Phi) is 3.27. The van der Waals surface area contributed by atoms with Gasteiger partial charge < -0.3 is 10.0 Å². The van der Waals surface area contributed by atoms with Crippen LogP contribution in [0.2, 0.25) is 0 Å². The van der Waals surface area contributed by atoms with Crippen molar-refractivity contribution in [3.05, 3.63) is 29.3 Å². The van der Waals surface area contributed by atoms with Crippen molar-refractivity contribution in [2.75, 3.05) is 18.8 Å². The first-order valence-electron chi connectivity index (χ1n) is 7.89. The predicted octanol–water partition coefficient (Wildman–Crippen LogP) is 2.25. The lowest BCUT2D eigenvalue weighted by molar-refractivity contribution is -0.156. The molecule has 0 bridgehead atoms. The SMILES string of the molecule is O=C(CSc1ccc2c(c1)CCC2)N1CC(O)(C2CC2)C1. The third-order valence-corrected chi connectivity index (χ3v) is 6.03. The summed E-state index contributed by atoms with van der Waals surface area (Å²) in [5.74, 6) is 1.09. The number of likely N-dealkylation sites (tertiary alicyclic amines) is 1. The van der Waals surface area contributed by atoms with Crippen molar-refractivity contribution in [3.63, 3.8) is 0 Å². The second-order valence-corrected chi connectivity index (χ2v) is 7.75. The maximum absolute atomic E-state index is 12.2. The number of carbonyl (C=O) groups is 1. The molecule has 1 saturated heterocycles. The predicted molar refractivity (Wildman–Crippen MR) is 83.4 cm³/mol. The Morgan fingerprint density at radius 3 is 2.81 bits per heavy atom. The van der Waals surface area contributed by atoms with Crippen LogP contribution in [0.5, 0.6) is 0 Å². The van der Waals surface area contributed by atoms with Crippen LogP contribution in [-0.4, -0.2) is 40.4 Å². The Labute approximate surface area is 129 Å². The molecule has 0 aromatic heterocycles. The summed E-state index contributed by atoms with van der Waals surface area (Å²) < 4.78 is 0. The molecule has 4 rings (SSSR count). The van der Waals surface area contributed by atoms with Crippen molar-refractivity contribution >= 4 is 17.7 Å². The lowest BCUT2D eigenvalue weighted by atomic mass is 9.89. The number of fused-ring (bicyclic) bond motifs is 1. The number of thioether (sulfide) groups is 1. The standard InChI is InChI=1S/C17H21NO2S/c19-16(18-10-17(20,11-18)14-5-6-14)9-21-15-7-4-12-2-1-3-13(12)8-15/h4,7-8,14,20H,1-3,5-6,9-11H2. The summed E-state index contributed by atoms with van der Waals surface area (Å²) in [6.07, 6.45) is 5.89. The molecular weight excluding hydrogens is 282 g/mol. The van der Waals surface area contributed by atoms with Gasteiger partial charge in [0.1, 0.15) is 5.60 Å². The van der Waals surface area contributed by atoms with Crippen LogP contribution < -0.4 is 0 Å². The highest BCUT2D eigenvalue weighted by Gasteiger charge is 2.53. The topological polar surface area (TPSA) is 40.5 Å². The van der Waals surface area contributed by atoms with E-state index in [4.69, 9.17) is 0 Å². The van der Waals surface area contributed by atoms with Gasteiger partial charge >= 0.3 is 0 Å². The van der Waals surface area contributed by atoms with E-state index in [2.05, 4.69) is 18.2 Å². The normalized spacial score (nSPS) is 22.8. The Morgan fingerprint density at radius 2 is 2.05 bits per heavy atom. The van der Waals surface area contributed by atoms with Crippen LogP contribution in [0.1, 0.15) is 30.4 Å². The van der Waals surface area contributed by atoms with E-state index in [1.54, 1.807) is 16.7 Å². The highest BCUT2D eigenvalue weighted by molar-refractivity contribution is 8.00. The van der Waals surface area contributed by atoms with Gasteiger partial charge in [0.15, 0.2) is 0 Å². The van der Waals surface area contributed by atoms with E-state index in [0.29, 0.717) is 24.8 Å². The molecule has 0 atom stereocenters. The molecule has 1 amide bonds. The third-order valence-electron chi connectivity index (χ3n) is 5.05. The minimum atomic E-state index is -0.562. The fourth-order valence-corrected chi connectivity index (χ4v) is 4.41. The van der Waals surface area contributed by atoms with Gasteiger partial charge in [-0.15, -0.1) is 11.8 Å². The van der Waals surface area contributed by atoms with E-state index in [9.17, 15) is 9.90 Å². The minimum Gasteiger partial charge on any atom is -0.386 e. The van der Waals surface area contributed by atoms with Gasteiger partial charge in [0, 0.05) is 4.90 Å². The average molecular weight is 303 g/mol. The lowest BCUT2D eigenvalue weighted by Gasteiger charge is -2.47. The summed E-state index contributed by atoms with van der Waals surface area (Å²) in [5.41, 5.74) is 2.37. The molecule has 3 aliphatic rings. The minimum absolute atomic E-state index is 0.158. The first kappa shape index (κ1) is 13.6. The summed E-state index contributed by atoms with van der Waals surface area (Å²) in [6.45, 7) is 1.09. The highest BCUT2D eigenvalue weighted by Crippen LogP contribution is 2.44. The van der Waals surface area contributed by atoms with Crippen LogP contribution in [-0.2, 0) is 17.6 Å². The molecule has 1 N–H and O–H groups in total. The second kappa shape index (κ2) is 5.03. The molecular formula is C17H21NO2S. The van der Waals surface area contributed by atoms with Gasteiger partial charge in [0.25, 0.3) is 0 Å². The number of rotatable bonds is 4. The van der Waals surface area contributed by atoms with Crippen molar-refractivity contribution in [2.24, 2.45) is 5.92 Å². The molecule has 21 heavy (non-hydrogen) atoms. The number of carbonyl (C=O) groups excluding carboxylic acids is 1. The first-order chi connectivity index (χ1) is 10.1. The van der Waals surface area contributed by atoms with Crippen LogP contribution >= 0.6 is 11.8 Å². The van der Waals surface area contributed by atoms with Crippen molar-refractivity contribution in [2.45, 2.75) is 42.6 Å². The zero-order valence-corrected chi connectivity index (χ0v) is 13.0. The number of benzene rings is 1. The monoisotopic (exact) mass is 303 g/mol. The zero-order valence-electron chi connectivity index (χ0n) is 12.2. The molecule has 1 heterocycles. The van der Waals surface area contributed by atoms with Gasteiger partial charge in [0.2, 0.25) is 5.91 Å². The first-order valence-corrected chi connectivity index (χ1v) is 8.87. The third kappa shape index (κ3) is 2.59. The van der Waals surface area contributed by atoms with Gasteiger partial charge in [-0.05, 0) is 61.3 Å². The smallest absolute Gasteiger partial charge is 0.233 e. The number of nitrogens with zero attached hydrogens (tertiary/aromatic N) is 1. The largest absolute Gasteiger partial charge is 0.386 e. The summed E-state index contributed by atoms with van der Waals surface area (Å²) in [4.78, 5) is 15.2. The van der Waals surface area contributed by atoms with Crippen LogP contribution in [0.25, 0.3) is 0 Å². The number of hydrogen-bond donors (Lipinski definition) is 1. The van der Waals surface area contributed by atoms with Gasteiger partial charge in [-0.25, -0.2) is 0 Å². The quantitative estimate of drug-likeness (QED) is 0.867. The van der Waals surface area contributed by atoms with E-state index in [0.717, 1.165) is 12.8 Å². The molecule has 1 aromatic rings. The lowest BCUT2D eigenvalue weighted by Crippen LogP contribution is -2.65. The maximum Gasteiger partial charge on any atom is 0.233 e. The van der Waals surface area contributed by atoms with Crippen LogP contribution in [0.15, 0.2) is 23.1 Å². The number of aliphatic hydroxyl groups is 1. The number of hydrogen-bond acceptors (Lipinski definition) is 3. The van der Waals surface area contributed by atoms with Gasteiger partial charge in [-0.3, -0.25) is 4.79 Å². The molecule has 4 heteroatoms. The molecule has 1 aliphatic heterocycles. The van der Waals surface area contributed by atoms with E-state index < -0.39 is 5.60 Å². The van der Waals surface area contributed by atoms with Crippen molar-refractivity contribution in [1.29, 1.82) is 0 Å². The Balaban J connectivity index is 1.30. The van der Waals surface area contributed by atoms with Crippen molar-refractivity contribution in [1.82, 2.24) is 4.90 Å². The summed E-state index contributed by atoms with van der Waals surface area (Å²) in [5, 5.41) is 10.3. The average Bonchev–Trinajstić information content (AvgIpc) is 3.20. The summed E-state index contributed by atoms with van der Waals surface area (Å²) >= 11 is 1.62. The highest BCUT2D eigenvalue weighted by atomic mass is 32.2. The zero-order chi connectivity index (χ0) is 14.4. The van der Waals surface area contributed by atoms with Gasteiger partial charge in [-0.1, -0.05) is 6.07 Å². The van der Waals surface area contributed by atoms with E-state index >= 15 is 0 Å². The molecule has 2 fully saturated rings. The van der Waals surface area contributed by atoms with Crippen LogP contribution in [0.4, 0.5) is 0 Å². The molecule has 3 nitrogen and oxygen atoms in total. The number of amides is 1. The Hall–Kier alpha value is -1.00. The molecule has 2 aliphatic carbocycles. The Morgan fingerprint density at radius 1 is 1.29 bits per heavy atom. The number of β-amino-alcohol motifs (C(OH)–C–C–N with tert-alkyl or cyclic N) is 1. The van der Waals surface area contributed by atoms with Crippen molar-refractivity contribution in [3.8, 4) is 0 Å².